The summed E-state index contributed by atoms with van der Waals surface area (Å²) >= 11 is 0. The summed E-state index contributed by atoms with van der Waals surface area (Å²) in [5.74, 6) is 0.711. The summed E-state index contributed by atoms with van der Waals surface area (Å²) in [5.41, 5.74) is 1.51. The quantitative estimate of drug-likeness (QED) is 0.721. The van der Waals surface area contributed by atoms with E-state index >= 15 is 0 Å². The highest BCUT2D eigenvalue weighted by Crippen LogP contribution is 2.22. The van der Waals surface area contributed by atoms with Crippen molar-refractivity contribution >= 4 is 6.29 Å². The average molecular weight is 194 g/mol. The van der Waals surface area contributed by atoms with E-state index in [1.807, 2.05) is 6.07 Å². The normalized spacial score (nSPS) is 9.86. The zero-order chi connectivity index (χ0) is 10.4. The molecule has 0 bridgehead atoms. The van der Waals surface area contributed by atoms with Gasteiger partial charge in [0.25, 0.3) is 0 Å². The van der Waals surface area contributed by atoms with Gasteiger partial charge in [-0.25, -0.2) is 0 Å². The highest BCUT2D eigenvalue weighted by molar-refractivity contribution is 5.78. The van der Waals surface area contributed by atoms with Crippen LogP contribution in [0.5, 0.6) is 5.75 Å². The smallest absolute Gasteiger partial charge is 0.150 e. The van der Waals surface area contributed by atoms with Crippen molar-refractivity contribution in [2.45, 2.75) is 12.8 Å². The molecule has 0 heterocycles. The van der Waals surface area contributed by atoms with Crippen LogP contribution in [0.25, 0.3) is 0 Å². The molecular formula is C11H14O3. The van der Waals surface area contributed by atoms with Crippen LogP contribution in [0.15, 0.2) is 18.2 Å². The molecule has 0 aromatic heterocycles. The molecule has 1 aromatic rings. The molecule has 1 N–H and O–H groups in total. The maximum absolute atomic E-state index is 10.7. The van der Waals surface area contributed by atoms with Crippen LogP contribution in [0, 0.1) is 0 Å². The van der Waals surface area contributed by atoms with Crippen molar-refractivity contribution < 1.29 is 14.6 Å². The molecule has 0 saturated heterocycles. The second kappa shape index (κ2) is 5.40. The third-order valence-electron chi connectivity index (χ3n) is 2.10. The summed E-state index contributed by atoms with van der Waals surface area (Å²) in [6.45, 7) is 0.121. The van der Waals surface area contributed by atoms with Gasteiger partial charge >= 0.3 is 0 Å². The zero-order valence-corrected chi connectivity index (χ0v) is 8.19. The Kier molecular flexibility index (Phi) is 4.13. The molecule has 0 saturated carbocycles. The highest BCUT2D eigenvalue weighted by atomic mass is 16.5. The monoisotopic (exact) mass is 194 g/mol. The van der Waals surface area contributed by atoms with Crippen LogP contribution >= 0.6 is 0 Å². The summed E-state index contributed by atoms with van der Waals surface area (Å²) in [7, 11) is 1.58. The SMILES string of the molecule is COc1cccc(C=O)c1CCCO. The summed E-state index contributed by atoms with van der Waals surface area (Å²) in [5, 5.41) is 8.73. The molecule has 0 amide bonds. The molecule has 0 spiro atoms. The molecule has 0 unspecified atom stereocenters. The molecule has 3 nitrogen and oxygen atoms in total. The number of rotatable bonds is 5. The van der Waals surface area contributed by atoms with Gasteiger partial charge in [0.1, 0.15) is 12.0 Å². The van der Waals surface area contributed by atoms with Crippen LogP contribution in [0.2, 0.25) is 0 Å². The van der Waals surface area contributed by atoms with Gasteiger partial charge in [0.2, 0.25) is 0 Å². The Morgan fingerprint density at radius 2 is 2.29 bits per heavy atom. The van der Waals surface area contributed by atoms with Gasteiger partial charge in [-0.05, 0) is 18.9 Å². The lowest BCUT2D eigenvalue weighted by atomic mass is 10.0. The van der Waals surface area contributed by atoms with Crippen molar-refractivity contribution in [2.75, 3.05) is 13.7 Å². The molecule has 0 aliphatic carbocycles. The third-order valence-corrected chi connectivity index (χ3v) is 2.10. The molecule has 0 aliphatic rings. The Morgan fingerprint density at radius 3 is 2.86 bits per heavy atom. The number of ether oxygens (including phenoxy) is 1. The molecular weight excluding hydrogens is 180 g/mol. The van der Waals surface area contributed by atoms with Gasteiger partial charge in [-0.3, -0.25) is 4.79 Å². The molecule has 14 heavy (non-hydrogen) atoms. The molecule has 76 valence electrons. The van der Waals surface area contributed by atoms with Gasteiger partial charge < -0.3 is 9.84 Å². The van der Waals surface area contributed by atoms with Crippen molar-refractivity contribution in [3.05, 3.63) is 29.3 Å². The van der Waals surface area contributed by atoms with E-state index in [0.29, 0.717) is 24.2 Å². The van der Waals surface area contributed by atoms with E-state index in [1.165, 1.54) is 0 Å². The molecule has 0 fully saturated rings. The Labute approximate surface area is 83.3 Å². The van der Waals surface area contributed by atoms with Crippen LogP contribution in [-0.2, 0) is 6.42 Å². The average Bonchev–Trinajstić information content (AvgIpc) is 2.25. The second-order valence-electron chi connectivity index (χ2n) is 2.97. The maximum atomic E-state index is 10.7. The van der Waals surface area contributed by atoms with E-state index in [0.717, 1.165) is 11.8 Å². The first kappa shape index (κ1) is 10.7. The van der Waals surface area contributed by atoms with Crippen molar-refractivity contribution in [1.29, 1.82) is 0 Å². The van der Waals surface area contributed by atoms with Gasteiger partial charge in [-0.15, -0.1) is 0 Å². The largest absolute Gasteiger partial charge is 0.496 e. The topological polar surface area (TPSA) is 46.5 Å². The Hall–Kier alpha value is -1.35. The predicted octanol–water partition coefficient (Wildman–Crippen LogP) is 1.43. The second-order valence-corrected chi connectivity index (χ2v) is 2.97. The minimum atomic E-state index is 0.121. The molecule has 0 aliphatic heterocycles. The Morgan fingerprint density at radius 1 is 1.50 bits per heavy atom. The first-order valence-electron chi connectivity index (χ1n) is 4.55. The molecule has 1 aromatic carbocycles. The number of hydrogen-bond acceptors (Lipinski definition) is 3. The van der Waals surface area contributed by atoms with Gasteiger partial charge in [-0.1, -0.05) is 12.1 Å². The number of aliphatic hydroxyl groups excluding tert-OH is 1. The van der Waals surface area contributed by atoms with E-state index in [9.17, 15) is 4.79 Å². The lowest BCUT2D eigenvalue weighted by Gasteiger charge is -2.09. The standard InChI is InChI=1S/C11H14O3/c1-14-11-6-2-4-9(8-13)10(11)5-3-7-12/h2,4,6,8,12H,3,5,7H2,1H3. The number of hydrogen-bond donors (Lipinski definition) is 1. The fourth-order valence-corrected chi connectivity index (χ4v) is 1.41. The summed E-state index contributed by atoms with van der Waals surface area (Å²) in [4.78, 5) is 10.7. The molecule has 3 heteroatoms. The van der Waals surface area contributed by atoms with Gasteiger partial charge in [0.05, 0.1) is 7.11 Å². The van der Waals surface area contributed by atoms with Crippen LogP contribution in [0.1, 0.15) is 22.3 Å². The number of carbonyl (C=O) groups is 1. The Balaban J connectivity index is 2.99. The molecule has 0 radical (unpaired) electrons. The van der Waals surface area contributed by atoms with Crippen LogP contribution in [-0.4, -0.2) is 25.1 Å². The summed E-state index contributed by atoms with van der Waals surface area (Å²) in [6, 6.07) is 5.35. The molecule has 1 rings (SSSR count). The van der Waals surface area contributed by atoms with Gasteiger partial charge in [-0.2, -0.15) is 0 Å². The van der Waals surface area contributed by atoms with E-state index in [1.54, 1.807) is 19.2 Å². The number of aldehydes is 1. The number of methoxy groups -OCH3 is 1. The van der Waals surface area contributed by atoms with E-state index < -0.39 is 0 Å². The van der Waals surface area contributed by atoms with Crippen molar-refractivity contribution in [2.24, 2.45) is 0 Å². The Bertz CT molecular complexity index is 307. The number of benzene rings is 1. The van der Waals surface area contributed by atoms with Crippen molar-refractivity contribution in [3.8, 4) is 5.75 Å². The van der Waals surface area contributed by atoms with Crippen LogP contribution in [0.4, 0.5) is 0 Å². The third kappa shape index (κ3) is 2.33. The zero-order valence-electron chi connectivity index (χ0n) is 8.19. The first-order chi connectivity index (χ1) is 6.83. The molecule has 0 atom stereocenters. The van der Waals surface area contributed by atoms with Crippen molar-refractivity contribution in [1.82, 2.24) is 0 Å². The highest BCUT2D eigenvalue weighted by Gasteiger charge is 2.07. The number of carbonyl (C=O) groups excluding carboxylic acids is 1. The van der Waals surface area contributed by atoms with Gasteiger partial charge in [0, 0.05) is 17.7 Å². The predicted molar refractivity (Wildman–Crippen MR) is 53.8 cm³/mol. The first-order valence-corrected chi connectivity index (χ1v) is 4.55. The van der Waals surface area contributed by atoms with E-state index in [2.05, 4.69) is 0 Å². The maximum Gasteiger partial charge on any atom is 0.150 e. The van der Waals surface area contributed by atoms with Crippen molar-refractivity contribution in [3.63, 3.8) is 0 Å². The summed E-state index contributed by atoms with van der Waals surface area (Å²) in [6.07, 6.45) is 2.12. The fraction of sp³-hybridized carbons (Fsp3) is 0.364. The minimum absolute atomic E-state index is 0.121. The minimum Gasteiger partial charge on any atom is -0.496 e. The van der Waals surface area contributed by atoms with Crippen LogP contribution < -0.4 is 4.74 Å². The lowest BCUT2D eigenvalue weighted by molar-refractivity contribution is 0.112. The number of aliphatic hydroxyl groups is 1. The lowest BCUT2D eigenvalue weighted by Crippen LogP contribution is -1.99. The van der Waals surface area contributed by atoms with Crippen LogP contribution in [0.3, 0.4) is 0 Å². The van der Waals surface area contributed by atoms with E-state index in [4.69, 9.17) is 9.84 Å². The van der Waals surface area contributed by atoms with E-state index in [-0.39, 0.29) is 6.61 Å². The van der Waals surface area contributed by atoms with Gasteiger partial charge in [0.15, 0.2) is 0 Å². The summed E-state index contributed by atoms with van der Waals surface area (Å²) < 4.78 is 5.14. The fourth-order valence-electron chi connectivity index (χ4n) is 1.41.